The van der Waals surface area contributed by atoms with Crippen LogP contribution >= 0.6 is 11.5 Å². The van der Waals surface area contributed by atoms with Gasteiger partial charge in [-0.2, -0.15) is 0 Å². The van der Waals surface area contributed by atoms with Crippen LogP contribution in [0.2, 0.25) is 0 Å². The van der Waals surface area contributed by atoms with E-state index in [2.05, 4.69) is 48.7 Å². The van der Waals surface area contributed by atoms with Crippen molar-refractivity contribution in [2.75, 3.05) is 19.8 Å². The van der Waals surface area contributed by atoms with Crippen LogP contribution in [0.4, 0.5) is 4.39 Å². The number of allylic oxidation sites excluding steroid dienone is 2. The van der Waals surface area contributed by atoms with E-state index in [4.69, 9.17) is 9.73 Å². The molecule has 0 saturated carbocycles. The maximum Gasteiger partial charge on any atom is 0.165 e. The van der Waals surface area contributed by atoms with Crippen molar-refractivity contribution in [2.24, 2.45) is 4.99 Å². The molecule has 1 saturated heterocycles. The van der Waals surface area contributed by atoms with Gasteiger partial charge in [0, 0.05) is 6.54 Å². The molecule has 6 rings (SSSR count). The molecule has 3 aromatic rings. The van der Waals surface area contributed by atoms with Crippen molar-refractivity contribution in [1.29, 1.82) is 0 Å². The minimum absolute atomic E-state index is 0.390. The number of aromatic nitrogens is 6. The number of hydrogen-bond donors (Lipinski definition) is 0. The topological polar surface area (TPSA) is 94.2 Å². The standard InChI is InChI=1S/C22H21FN8OS/c1-2-22-12-32-10-9-31(22)20-17(30-13-25-28-21(22)30)6-4-3-5-16(26-20)19-18(27-29-33-19)15-8-7-14(23)11-24-15/h5-8,11,13H,2-4,9-10,12H2,1H3. The zero-order chi connectivity index (χ0) is 22.4. The summed E-state index contributed by atoms with van der Waals surface area (Å²) in [5.74, 6) is 1.36. The zero-order valence-corrected chi connectivity index (χ0v) is 18.8. The van der Waals surface area contributed by atoms with Gasteiger partial charge in [-0.15, -0.1) is 15.3 Å². The van der Waals surface area contributed by atoms with E-state index in [1.165, 1.54) is 23.8 Å². The van der Waals surface area contributed by atoms with E-state index in [-0.39, 0.29) is 5.82 Å². The molecule has 6 heterocycles. The Morgan fingerprint density at radius 3 is 2.97 bits per heavy atom. The fourth-order valence-electron chi connectivity index (χ4n) is 4.70. The predicted molar refractivity (Wildman–Crippen MR) is 122 cm³/mol. The fraction of sp³-hybridized carbons (Fsp3) is 0.364. The summed E-state index contributed by atoms with van der Waals surface area (Å²) in [7, 11) is 0. The van der Waals surface area contributed by atoms with Gasteiger partial charge < -0.3 is 9.64 Å². The molecule has 168 valence electrons. The third kappa shape index (κ3) is 3.14. The third-order valence-corrected chi connectivity index (χ3v) is 7.12. The van der Waals surface area contributed by atoms with E-state index < -0.39 is 5.54 Å². The minimum atomic E-state index is -0.428. The molecule has 9 nitrogen and oxygen atoms in total. The summed E-state index contributed by atoms with van der Waals surface area (Å²) >= 11 is 1.27. The molecule has 0 aliphatic carbocycles. The molecule has 1 atom stereocenters. The highest BCUT2D eigenvalue weighted by Gasteiger charge is 2.50. The third-order valence-electron chi connectivity index (χ3n) is 6.37. The van der Waals surface area contributed by atoms with Crippen LogP contribution in [-0.2, 0) is 10.3 Å². The first-order valence-corrected chi connectivity index (χ1v) is 11.7. The Labute approximate surface area is 193 Å². The smallest absolute Gasteiger partial charge is 0.165 e. The summed E-state index contributed by atoms with van der Waals surface area (Å²) in [6.07, 6.45) is 9.71. The van der Waals surface area contributed by atoms with E-state index in [9.17, 15) is 4.39 Å². The van der Waals surface area contributed by atoms with Crippen molar-refractivity contribution in [3.8, 4) is 11.4 Å². The van der Waals surface area contributed by atoms with Crippen LogP contribution in [0.15, 0.2) is 41.8 Å². The Morgan fingerprint density at radius 2 is 2.12 bits per heavy atom. The van der Waals surface area contributed by atoms with E-state index in [0.717, 1.165) is 47.2 Å². The average Bonchev–Trinajstić information content (AvgIpc) is 3.50. The molecule has 0 N–H and O–H groups in total. The zero-order valence-electron chi connectivity index (χ0n) is 18.0. The van der Waals surface area contributed by atoms with Gasteiger partial charge >= 0.3 is 0 Å². The summed E-state index contributed by atoms with van der Waals surface area (Å²) < 4.78 is 25.6. The van der Waals surface area contributed by atoms with Gasteiger partial charge in [0.05, 0.1) is 36.5 Å². The molecule has 11 heteroatoms. The number of ether oxygens (including phenoxy) is 1. The Hall–Kier alpha value is -3.31. The molecule has 0 radical (unpaired) electrons. The lowest BCUT2D eigenvalue weighted by Crippen LogP contribution is -2.61. The normalized spacial score (nSPS) is 22.2. The number of fused-ring (bicyclic) bond motifs is 6. The molecule has 0 aromatic carbocycles. The molecule has 0 bridgehead atoms. The van der Waals surface area contributed by atoms with Crippen LogP contribution in [0, 0.1) is 5.82 Å². The summed E-state index contributed by atoms with van der Waals surface area (Å²) in [6, 6.07) is 2.99. The quantitative estimate of drug-likeness (QED) is 0.587. The van der Waals surface area contributed by atoms with Crippen molar-refractivity contribution < 1.29 is 9.13 Å². The van der Waals surface area contributed by atoms with Crippen LogP contribution < -0.4 is 0 Å². The number of halogens is 1. The largest absolute Gasteiger partial charge is 0.377 e. The second-order valence-corrected chi connectivity index (χ2v) is 8.87. The molecule has 1 unspecified atom stereocenters. The molecule has 3 aliphatic heterocycles. The van der Waals surface area contributed by atoms with Crippen molar-refractivity contribution in [3.05, 3.63) is 53.3 Å². The number of morpholine rings is 1. The SMILES string of the molecule is CCC12COCCN1C1=NC(c3snnc3-c3ccc(F)cn3)=CCCC=C1n1cnnc12. The minimum Gasteiger partial charge on any atom is -0.377 e. The maximum absolute atomic E-state index is 13.4. The van der Waals surface area contributed by atoms with Crippen molar-refractivity contribution in [3.63, 3.8) is 0 Å². The summed E-state index contributed by atoms with van der Waals surface area (Å²) in [5, 5.41) is 13.0. The highest BCUT2D eigenvalue weighted by atomic mass is 32.1. The number of nitrogens with zero attached hydrogens (tertiary/aromatic N) is 8. The van der Waals surface area contributed by atoms with Crippen LogP contribution in [0.5, 0.6) is 0 Å². The molecule has 33 heavy (non-hydrogen) atoms. The van der Waals surface area contributed by atoms with Crippen LogP contribution in [0.1, 0.15) is 36.9 Å². The van der Waals surface area contributed by atoms with Gasteiger partial charge in [-0.05, 0) is 42.9 Å². The highest BCUT2D eigenvalue weighted by Crippen LogP contribution is 2.42. The lowest BCUT2D eigenvalue weighted by molar-refractivity contribution is -0.0460. The monoisotopic (exact) mass is 464 g/mol. The molecule has 1 fully saturated rings. The van der Waals surface area contributed by atoms with Crippen LogP contribution in [0.25, 0.3) is 22.8 Å². The predicted octanol–water partition coefficient (Wildman–Crippen LogP) is 3.36. The van der Waals surface area contributed by atoms with Gasteiger partial charge in [0.1, 0.15) is 28.3 Å². The van der Waals surface area contributed by atoms with E-state index >= 15 is 0 Å². The summed E-state index contributed by atoms with van der Waals surface area (Å²) in [4.78, 5) is 12.5. The first-order chi connectivity index (χ1) is 16.2. The van der Waals surface area contributed by atoms with Gasteiger partial charge in [0.25, 0.3) is 0 Å². The molecule has 3 aromatic heterocycles. The van der Waals surface area contributed by atoms with Gasteiger partial charge in [-0.25, -0.2) is 9.38 Å². The Morgan fingerprint density at radius 1 is 1.21 bits per heavy atom. The Balaban J connectivity index is 1.51. The Kier molecular flexibility index (Phi) is 4.88. The van der Waals surface area contributed by atoms with Gasteiger partial charge in [-0.3, -0.25) is 9.55 Å². The number of hydrogen-bond acceptors (Lipinski definition) is 9. The number of aliphatic imine (C=N–C) groups is 1. The van der Waals surface area contributed by atoms with Gasteiger partial charge in [0.2, 0.25) is 0 Å². The highest BCUT2D eigenvalue weighted by molar-refractivity contribution is 7.07. The number of amidine groups is 1. The van der Waals surface area contributed by atoms with E-state index in [0.29, 0.717) is 31.1 Å². The summed E-state index contributed by atoms with van der Waals surface area (Å²) in [6.45, 7) is 3.99. The molecular formula is C22H21FN8OS. The molecule has 0 spiro atoms. The van der Waals surface area contributed by atoms with E-state index in [1.807, 2.05) is 4.57 Å². The second kappa shape index (κ2) is 7.92. The first-order valence-electron chi connectivity index (χ1n) is 10.9. The van der Waals surface area contributed by atoms with Crippen molar-refractivity contribution >= 4 is 28.8 Å². The average molecular weight is 465 g/mol. The van der Waals surface area contributed by atoms with E-state index in [1.54, 1.807) is 12.4 Å². The van der Waals surface area contributed by atoms with Crippen molar-refractivity contribution in [1.82, 2.24) is 34.2 Å². The Bertz CT molecular complexity index is 1290. The summed E-state index contributed by atoms with van der Waals surface area (Å²) in [5.41, 5.74) is 2.51. The number of pyridine rings is 1. The lowest BCUT2D eigenvalue weighted by atomic mass is 9.89. The molecular weight excluding hydrogens is 443 g/mol. The maximum atomic E-state index is 13.4. The van der Waals surface area contributed by atoms with Gasteiger partial charge in [0.15, 0.2) is 11.7 Å². The molecule has 0 amide bonds. The molecule has 3 aliphatic rings. The van der Waals surface area contributed by atoms with Crippen LogP contribution in [0.3, 0.4) is 0 Å². The first kappa shape index (κ1) is 20.3. The fourth-order valence-corrected chi connectivity index (χ4v) is 5.36. The second-order valence-electron chi connectivity index (χ2n) is 8.12. The number of rotatable bonds is 3. The van der Waals surface area contributed by atoms with Crippen molar-refractivity contribution in [2.45, 2.75) is 31.7 Å². The lowest BCUT2D eigenvalue weighted by Gasteiger charge is -2.50. The van der Waals surface area contributed by atoms with Gasteiger partial charge in [-0.1, -0.05) is 23.6 Å². The van der Waals surface area contributed by atoms with Crippen LogP contribution in [-0.4, -0.2) is 59.8 Å².